The molecule has 29 heavy (non-hydrogen) atoms. The van der Waals surface area contributed by atoms with Gasteiger partial charge in [0.05, 0.1) is 4.90 Å². The molecule has 0 radical (unpaired) electrons. The number of aryl methyl sites for hydroxylation is 1. The molecule has 2 aromatic rings. The summed E-state index contributed by atoms with van der Waals surface area (Å²) in [6, 6.07) is 10.00. The van der Waals surface area contributed by atoms with Gasteiger partial charge in [0, 0.05) is 11.7 Å². The predicted octanol–water partition coefficient (Wildman–Crippen LogP) is 2.57. The molecular formula is C20H24N2O6S. The number of para-hydroxylation sites is 1. The maximum Gasteiger partial charge on any atom is 0.342 e. The van der Waals surface area contributed by atoms with Crippen LogP contribution in [0.5, 0.6) is 5.75 Å². The molecule has 0 spiro atoms. The Hall–Kier alpha value is -2.91. The number of amides is 1. The van der Waals surface area contributed by atoms with Crippen molar-refractivity contribution in [3.63, 3.8) is 0 Å². The summed E-state index contributed by atoms with van der Waals surface area (Å²) in [5, 5.41) is 12.5. The molecule has 1 atom stereocenters. The zero-order valence-electron chi connectivity index (χ0n) is 16.6. The van der Waals surface area contributed by atoms with E-state index < -0.39 is 28.0 Å². The van der Waals surface area contributed by atoms with Crippen LogP contribution < -0.4 is 10.0 Å². The monoisotopic (exact) mass is 420 g/mol. The molecule has 0 aliphatic carbocycles. The van der Waals surface area contributed by atoms with E-state index in [9.17, 15) is 23.1 Å². The van der Waals surface area contributed by atoms with Gasteiger partial charge in [-0.1, -0.05) is 12.1 Å². The molecule has 0 saturated carbocycles. The topological polar surface area (TPSA) is 122 Å². The summed E-state index contributed by atoms with van der Waals surface area (Å²) < 4.78 is 31.8. The summed E-state index contributed by atoms with van der Waals surface area (Å²) in [5.74, 6) is -1.62. The van der Waals surface area contributed by atoms with E-state index >= 15 is 0 Å². The summed E-state index contributed by atoms with van der Waals surface area (Å²) in [6.45, 7) is 6.46. The Balaban J connectivity index is 2.02. The summed E-state index contributed by atoms with van der Waals surface area (Å²) >= 11 is 0. The van der Waals surface area contributed by atoms with Gasteiger partial charge in [0.15, 0.2) is 6.10 Å². The van der Waals surface area contributed by atoms with E-state index in [1.54, 1.807) is 32.9 Å². The van der Waals surface area contributed by atoms with Crippen molar-refractivity contribution in [2.45, 2.75) is 44.7 Å². The van der Waals surface area contributed by atoms with Crippen LogP contribution in [0.2, 0.25) is 0 Å². The molecule has 2 aromatic carbocycles. The van der Waals surface area contributed by atoms with Gasteiger partial charge < -0.3 is 15.2 Å². The minimum atomic E-state index is -3.63. The number of carbonyl (C=O) groups is 2. The number of rotatable bonds is 7. The van der Waals surface area contributed by atoms with Crippen LogP contribution in [-0.2, 0) is 19.6 Å². The Morgan fingerprint density at radius 3 is 2.24 bits per heavy atom. The number of phenolic OH excluding ortho intramolecular Hbond substituents is 1. The predicted molar refractivity (Wildman–Crippen MR) is 108 cm³/mol. The molecule has 156 valence electrons. The van der Waals surface area contributed by atoms with Gasteiger partial charge in [-0.2, -0.15) is 0 Å². The number of carbonyl (C=O) groups excluding carboxylic acids is 2. The number of hydrogen-bond acceptors (Lipinski definition) is 6. The standard InChI is InChI=1S/C20H24N2O6S/c1-12(2)22-29(26,27)16-10-8-15(9-11-16)21-19(24)14(4)28-20(25)17-7-5-6-13(3)18(17)23/h5-12,14,22-23H,1-4H3,(H,21,24)/t14-/m0/s1. The number of benzene rings is 2. The van der Waals surface area contributed by atoms with E-state index in [0.717, 1.165) is 0 Å². The molecule has 9 heteroatoms. The second-order valence-corrected chi connectivity index (χ2v) is 8.52. The summed E-state index contributed by atoms with van der Waals surface area (Å²) in [4.78, 5) is 24.5. The normalized spacial score (nSPS) is 12.4. The van der Waals surface area contributed by atoms with E-state index in [-0.39, 0.29) is 22.3 Å². The summed E-state index contributed by atoms with van der Waals surface area (Å²) in [7, 11) is -3.63. The average molecular weight is 420 g/mol. The van der Waals surface area contributed by atoms with Crippen molar-refractivity contribution in [3.8, 4) is 5.75 Å². The third-order valence-electron chi connectivity index (χ3n) is 3.93. The number of aromatic hydroxyl groups is 1. The lowest BCUT2D eigenvalue weighted by atomic mass is 10.1. The number of phenols is 1. The number of anilines is 1. The summed E-state index contributed by atoms with van der Waals surface area (Å²) in [5.41, 5.74) is 0.829. The maximum absolute atomic E-state index is 12.3. The van der Waals surface area contributed by atoms with E-state index in [2.05, 4.69) is 10.0 Å². The van der Waals surface area contributed by atoms with Crippen molar-refractivity contribution >= 4 is 27.6 Å². The molecular weight excluding hydrogens is 396 g/mol. The fourth-order valence-electron chi connectivity index (χ4n) is 2.44. The molecule has 8 nitrogen and oxygen atoms in total. The van der Waals surface area contributed by atoms with Crippen LogP contribution in [-0.4, -0.2) is 37.5 Å². The molecule has 3 N–H and O–H groups in total. The highest BCUT2D eigenvalue weighted by molar-refractivity contribution is 7.89. The van der Waals surface area contributed by atoms with Crippen LogP contribution in [0, 0.1) is 6.92 Å². The molecule has 0 aliphatic heterocycles. The quantitative estimate of drug-likeness (QED) is 0.592. The van der Waals surface area contributed by atoms with Gasteiger partial charge in [-0.25, -0.2) is 17.9 Å². The van der Waals surface area contributed by atoms with Crippen molar-refractivity contribution in [1.29, 1.82) is 0 Å². The highest BCUT2D eigenvalue weighted by Crippen LogP contribution is 2.22. The lowest BCUT2D eigenvalue weighted by Gasteiger charge is -2.15. The van der Waals surface area contributed by atoms with E-state index in [1.807, 2.05) is 0 Å². The number of sulfonamides is 1. The number of ether oxygens (including phenoxy) is 1. The smallest absolute Gasteiger partial charge is 0.342 e. The second-order valence-electron chi connectivity index (χ2n) is 6.81. The number of hydrogen-bond donors (Lipinski definition) is 3. The van der Waals surface area contributed by atoms with Gasteiger partial charge in [-0.05, 0) is 63.6 Å². The van der Waals surface area contributed by atoms with Gasteiger partial charge in [-0.15, -0.1) is 0 Å². The Bertz CT molecular complexity index is 1000. The summed E-state index contributed by atoms with van der Waals surface area (Å²) in [6.07, 6.45) is -1.13. The molecule has 0 saturated heterocycles. The van der Waals surface area contributed by atoms with Crippen molar-refractivity contribution < 1.29 is 27.9 Å². The first-order chi connectivity index (χ1) is 13.5. The van der Waals surface area contributed by atoms with Crippen molar-refractivity contribution in [1.82, 2.24) is 4.72 Å². The molecule has 1 amide bonds. The lowest BCUT2D eigenvalue weighted by molar-refractivity contribution is -0.123. The first-order valence-corrected chi connectivity index (χ1v) is 10.4. The van der Waals surface area contributed by atoms with Crippen LogP contribution in [0.15, 0.2) is 47.4 Å². The fraction of sp³-hybridized carbons (Fsp3) is 0.300. The Kier molecular flexibility index (Phi) is 6.99. The Labute approximate surface area is 169 Å². The lowest BCUT2D eigenvalue weighted by Crippen LogP contribution is -2.30. The molecule has 0 aromatic heterocycles. The van der Waals surface area contributed by atoms with Crippen LogP contribution in [0.25, 0.3) is 0 Å². The van der Waals surface area contributed by atoms with E-state index in [0.29, 0.717) is 11.3 Å². The minimum Gasteiger partial charge on any atom is -0.507 e. The van der Waals surface area contributed by atoms with Crippen LogP contribution in [0.3, 0.4) is 0 Å². The van der Waals surface area contributed by atoms with Crippen LogP contribution >= 0.6 is 0 Å². The first-order valence-electron chi connectivity index (χ1n) is 8.94. The third kappa shape index (κ3) is 5.78. The fourth-order valence-corrected chi connectivity index (χ4v) is 3.69. The average Bonchev–Trinajstić information content (AvgIpc) is 2.63. The molecule has 0 bridgehead atoms. The Morgan fingerprint density at radius 1 is 1.03 bits per heavy atom. The van der Waals surface area contributed by atoms with E-state index in [4.69, 9.17) is 4.74 Å². The number of esters is 1. The molecule has 0 fully saturated rings. The van der Waals surface area contributed by atoms with E-state index in [1.165, 1.54) is 37.3 Å². The first kappa shape index (κ1) is 22.4. The molecule has 0 heterocycles. The van der Waals surface area contributed by atoms with Crippen molar-refractivity contribution in [2.75, 3.05) is 5.32 Å². The van der Waals surface area contributed by atoms with Gasteiger partial charge in [-0.3, -0.25) is 4.79 Å². The SMILES string of the molecule is Cc1cccc(C(=O)O[C@@H](C)C(=O)Nc2ccc(S(=O)(=O)NC(C)C)cc2)c1O. The largest absolute Gasteiger partial charge is 0.507 e. The zero-order chi connectivity index (χ0) is 21.8. The number of nitrogens with one attached hydrogen (secondary N) is 2. The van der Waals surface area contributed by atoms with Crippen molar-refractivity contribution in [3.05, 3.63) is 53.6 Å². The third-order valence-corrected chi connectivity index (χ3v) is 5.61. The second kappa shape index (κ2) is 9.06. The van der Waals surface area contributed by atoms with Crippen molar-refractivity contribution in [2.24, 2.45) is 0 Å². The van der Waals surface area contributed by atoms with Crippen LogP contribution in [0.4, 0.5) is 5.69 Å². The van der Waals surface area contributed by atoms with Gasteiger partial charge in [0.1, 0.15) is 11.3 Å². The molecule has 0 aliphatic rings. The van der Waals surface area contributed by atoms with Crippen LogP contribution in [0.1, 0.15) is 36.7 Å². The Morgan fingerprint density at radius 2 is 1.66 bits per heavy atom. The minimum absolute atomic E-state index is 0.0307. The van der Waals surface area contributed by atoms with Gasteiger partial charge in [0.25, 0.3) is 5.91 Å². The highest BCUT2D eigenvalue weighted by atomic mass is 32.2. The molecule has 2 rings (SSSR count). The van der Waals surface area contributed by atoms with Gasteiger partial charge >= 0.3 is 5.97 Å². The molecule has 0 unspecified atom stereocenters. The highest BCUT2D eigenvalue weighted by Gasteiger charge is 2.22. The van der Waals surface area contributed by atoms with Gasteiger partial charge in [0.2, 0.25) is 10.0 Å². The zero-order valence-corrected chi connectivity index (χ0v) is 17.4. The maximum atomic E-state index is 12.3.